The molecule has 0 aromatic carbocycles. The minimum Gasteiger partial charge on any atom is -0.454 e. The van der Waals surface area contributed by atoms with Gasteiger partial charge in [0, 0.05) is 37.0 Å². The van der Waals surface area contributed by atoms with E-state index in [1.807, 2.05) is 29.9 Å². The molecule has 2 aliphatic carbocycles. The average Bonchev–Trinajstić information content (AvgIpc) is 3.62. The molecule has 0 unspecified atom stereocenters. The van der Waals surface area contributed by atoms with E-state index in [1.54, 1.807) is 19.3 Å². The van der Waals surface area contributed by atoms with Crippen molar-refractivity contribution in [2.45, 2.75) is 44.6 Å². The Labute approximate surface area is 164 Å². The maximum atomic E-state index is 11.8. The van der Waals surface area contributed by atoms with Crippen LogP contribution in [0.2, 0.25) is 0 Å². The van der Waals surface area contributed by atoms with Gasteiger partial charge in [-0.25, -0.2) is 4.99 Å². The largest absolute Gasteiger partial charge is 0.454 e. The molecule has 2 aliphatic rings. The first-order valence-corrected chi connectivity index (χ1v) is 9.62. The zero-order valence-corrected chi connectivity index (χ0v) is 16.3. The summed E-state index contributed by atoms with van der Waals surface area (Å²) in [6.07, 6.45) is 12.1. The summed E-state index contributed by atoms with van der Waals surface area (Å²) in [5.41, 5.74) is 1.60. The summed E-state index contributed by atoms with van der Waals surface area (Å²) in [7, 11) is 1.71. The molecule has 0 bridgehead atoms. The highest BCUT2D eigenvalue weighted by molar-refractivity contribution is 5.49. The van der Waals surface area contributed by atoms with Gasteiger partial charge in [0.05, 0.1) is 12.2 Å². The Kier molecular flexibility index (Phi) is 4.90. The molecule has 2 fully saturated rings. The summed E-state index contributed by atoms with van der Waals surface area (Å²) >= 11 is 0. The second-order valence-corrected chi connectivity index (χ2v) is 7.33. The van der Waals surface area contributed by atoms with Crippen LogP contribution in [0, 0.1) is 0 Å². The summed E-state index contributed by atoms with van der Waals surface area (Å²) in [5.74, 6) is 2.48. The maximum Gasteiger partial charge on any atom is 0.252 e. The van der Waals surface area contributed by atoms with E-state index in [9.17, 15) is 4.79 Å². The van der Waals surface area contributed by atoms with Crippen LogP contribution in [0.4, 0.5) is 5.69 Å². The number of pyridine rings is 1. The number of aryl methyl sites for hydroxylation is 1. The third-order valence-electron chi connectivity index (χ3n) is 4.95. The molecular formula is C21H25N5O2. The van der Waals surface area contributed by atoms with Crippen LogP contribution in [-0.2, 0) is 7.05 Å². The number of ether oxygens (including phenoxy) is 1. The first kappa shape index (κ1) is 18.3. The maximum absolute atomic E-state index is 11.8. The highest BCUT2D eigenvalue weighted by Gasteiger charge is 2.33. The third-order valence-corrected chi connectivity index (χ3v) is 4.95. The number of aliphatic imine (C=N–C) groups is 1. The van der Waals surface area contributed by atoms with Gasteiger partial charge in [0.25, 0.3) is 5.56 Å². The van der Waals surface area contributed by atoms with Crippen molar-refractivity contribution >= 4 is 12.4 Å². The van der Waals surface area contributed by atoms with E-state index < -0.39 is 0 Å². The number of anilines is 1. The van der Waals surface area contributed by atoms with E-state index in [0.29, 0.717) is 29.2 Å². The third kappa shape index (κ3) is 4.08. The fraction of sp³-hybridized carbons (Fsp3) is 0.381. The van der Waals surface area contributed by atoms with Crippen molar-refractivity contribution in [3.63, 3.8) is 0 Å². The number of nitrogens with one attached hydrogen (secondary N) is 1. The van der Waals surface area contributed by atoms with E-state index in [1.165, 1.54) is 36.3 Å². The first-order chi connectivity index (χ1) is 13.6. The quantitative estimate of drug-likeness (QED) is 0.431. The van der Waals surface area contributed by atoms with Crippen LogP contribution in [-0.4, -0.2) is 21.1 Å². The van der Waals surface area contributed by atoms with Crippen molar-refractivity contribution in [2.24, 2.45) is 12.0 Å². The van der Waals surface area contributed by atoms with Gasteiger partial charge < -0.3 is 14.6 Å². The highest BCUT2D eigenvalue weighted by Crippen LogP contribution is 2.45. The Morgan fingerprint density at radius 1 is 1.39 bits per heavy atom. The van der Waals surface area contributed by atoms with Crippen molar-refractivity contribution in [3.05, 3.63) is 64.3 Å². The van der Waals surface area contributed by atoms with Gasteiger partial charge in [-0.3, -0.25) is 9.48 Å². The lowest BCUT2D eigenvalue weighted by atomic mass is 10.3. The molecular weight excluding hydrogens is 354 g/mol. The monoisotopic (exact) mass is 379 g/mol. The zero-order chi connectivity index (χ0) is 19.7. The number of aromatic nitrogens is 3. The van der Waals surface area contributed by atoms with Crippen molar-refractivity contribution in [2.75, 3.05) is 5.32 Å². The molecule has 2 aromatic heterocycles. The average molecular weight is 379 g/mol. The van der Waals surface area contributed by atoms with Gasteiger partial charge in [0.2, 0.25) is 0 Å². The smallest absolute Gasteiger partial charge is 0.252 e. The van der Waals surface area contributed by atoms with E-state index in [0.717, 1.165) is 11.4 Å². The number of allylic oxidation sites excluding steroid dienone is 2. The van der Waals surface area contributed by atoms with Crippen LogP contribution in [0.15, 0.2) is 58.0 Å². The standard InChI is InChI=1S/C21H25N5O2/c1-4-17(12-19(22-2)23-15-9-10-25(3)20(27)11-15)28-18-13-26(16-7-8-16)24-21(18)14-5-6-14/h4,9-14,16,23H,2,5-8H2,1,3H3/b17-4+,19-12+. The minimum absolute atomic E-state index is 0.0996. The van der Waals surface area contributed by atoms with E-state index in [2.05, 4.69) is 17.0 Å². The van der Waals surface area contributed by atoms with Gasteiger partial charge in [0.15, 0.2) is 5.75 Å². The van der Waals surface area contributed by atoms with Crippen LogP contribution in [0.3, 0.4) is 0 Å². The van der Waals surface area contributed by atoms with E-state index in [4.69, 9.17) is 9.84 Å². The topological polar surface area (TPSA) is 73.4 Å². The number of hydrogen-bond acceptors (Lipinski definition) is 5. The predicted molar refractivity (Wildman–Crippen MR) is 110 cm³/mol. The molecule has 7 heteroatoms. The lowest BCUT2D eigenvalue weighted by Crippen LogP contribution is -2.15. The molecule has 0 atom stereocenters. The van der Waals surface area contributed by atoms with Crippen molar-refractivity contribution in [3.8, 4) is 5.75 Å². The molecule has 7 nitrogen and oxygen atoms in total. The normalized spacial score (nSPS) is 17.5. The van der Waals surface area contributed by atoms with E-state index in [-0.39, 0.29) is 5.56 Å². The minimum atomic E-state index is -0.0996. The fourth-order valence-corrected chi connectivity index (χ4v) is 2.96. The van der Waals surface area contributed by atoms with Gasteiger partial charge in [-0.15, -0.1) is 0 Å². The Morgan fingerprint density at radius 2 is 2.18 bits per heavy atom. The van der Waals surface area contributed by atoms with Gasteiger partial charge >= 0.3 is 0 Å². The van der Waals surface area contributed by atoms with Crippen molar-refractivity contribution < 1.29 is 4.74 Å². The second-order valence-electron chi connectivity index (χ2n) is 7.33. The van der Waals surface area contributed by atoms with Crippen molar-refractivity contribution in [1.29, 1.82) is 0 Å². The molecule has 1 N–H and O–H groups in total. The van der Waals surface area contributed by atoms with Crippen LogP contribution < -0.4 is 15.6 Å². The van der Waals surface area contributed by atoms with Crippen molar-refractivity contribution in [1.82, 2.24) is 14.3 Å². The molecule has 28 heavy (non-hydrogen) atoms. The summed E-state index contributed by atoms with van der Waals surface area (Å²) in [6, 6.07) is 3.84. The number of rotatable bonds is 8. The second kappa shape index (κ2) is 7.50. The molecule has 146 valence electrons. The lowest BCUT2D eigenvalue weighted by Gasteiger charge is -2.10. The SMILES string of the molecule is C=N/C(=C\C(=C/C)Oc1cn(C2CC2)nc1C1CC1)Nc1ccn(C)c(=O)c1. The summed E-state index contributed by atoms with van der Waals surface area (Å²) < 4.78 is 9.73. The van der Waals surface area contributed by atoms with Crippen LogP contribution in [0.25, 0.3) is 0 Å². The van der Waals surface area contributed by atoms with Gasteiger partial charge in [0.1, 0.15) is 17.3 Å². The summed E-state index contributed by atoms with van der Waals surface area (Å²) in [6.45, 7) is 5.53. The lowest BCUT2D eigenvalue weighted by molar-refractivity contribution is 0.436. The highest BCUT2D eigenvalue weighted by atomic mass is 16.5. The summed E-state index contributed by atoms with van der Waals surface area (Å²) in [5, 5.41) is 7.87. The van der Waals surface area contributed by atoms with Crippen LogP contribution in [0.1, 0.15) is 50.3 Å². The number of hydrogen-bond donors (Lipinski definition) is 1. The molecule has 0 radical (unpaired) electrons. The molecule has 4 rings (SSSR count). The molecule has 0 spiro atoms. The molecule has 0 saturated heterocycles. The van der Waals surface area contributed by atoms with Gasteiger partial charge in [-0.05, 0) is 51.5 Å². The van der Waals surface area contributed by atoms with Gasteiger partial charge in [-0.2, -0.15) is 5.10 Å². The molecule has 2 saturated carbocycles. The molecule has 2 aromatic rings. The Balaban J connectivity index is 1.53. The Morgan fingerprint density at radius 3 is 2.79 bits per heavy atom. The Hall–Kier alpha value is -3.09. The molecule has 0 aliphatic heterocycles. The summed E-state index contributed by atoms with van der Waals surface area (Å²) in [4.78, 5) is 15.8. The van der Waals surface area contributed by atoms with E-state index >= 15 is 0 Å². The molecule has 2 heterocycles. The predicted octanol–water partition coefficient (Wildman–Crippen LogP) is 3.73. The number of nitrogens with zero attached hydrogens (tertiary/aromatic N) is 4. The van der Waals surface area contributed by atoms with Crippen LogP contribution >= 0.6 is 0 Å². The molecule has 0 amide bonds. The zero-order valence-electron chi connectivity index (χ0n) is 16.3. The Bertz CT molecular complexity index is 1010. The van der Waals surface area contributed by atoms with Crippen LogP contribution in [0.5, 0.6) is 5.75 Å². The fourth-order valence-electron chi connectivity index (χ4n) is 2.96. The van der Waals surface area contributed by atoms with Gasteiger partial charge in [-0.1, -0.05) is 0 Å². The first-order valence-electron chi connectivity index (χ1n) is 9.62.